The number of carbonyl (C=O) groups excluding carboxylic acids is 1. The first-order valence-corrected chi connectivity index (χ1v) is 8.74. The third-order valence-corrected chi connectivity index (χ3v) is 4.22. The third kappa shape index (κ3) is 7.49. The lowest BCUT2D eigenvalue weighted by atomic mass is 10.2. The number of hydrogen-bond donors (Lipinski definition) is 1. The van der Waals surface area contributed by atoms with Crippen LogP contribution < -0.4 is 10.2 Å². The summed E-state index contributed by atoms with van der Waals surface area (Å²) in [5.41, 5.74) is 1.01. The fourth-order valence-corrected chi connectivity index (χ4v) is 2.64. The number of halogens is 2. The zero-order valence-electron chi connectivity index (χ0n) is 16.2. The van der Waals surface area contributed by atoms with Gasteiger partial charge in [0.2, 0.25) is 5.91 Å². The fraction of sp³-hybridized carbons (Fsp3) is 0.556. The van der Waals surface area contributed by atoms with Crippen LogP contribution in [-0.2, 0) is 9.53 Å². The van der Waals surface area contributed by atoms with Crippen molar-refractivity contribution in [1.29, 1.82) is 0 Å². The van der Waals surface area contributed by atoms with E-state index in [1.807, 2.05) is 0 Å². The maximum absolute atomic E-state index is 13.1. The Labute approximate surface area is 177 Å². The largest absolute Gasteiger partial charge is 0.383 e. The predicted molar refractivity (Wildman–Crippen MR) is 116 cm³/mol. The van der Waals surface area contributed by atoms with E-state index in [-0.39, 0.29) is 42.2 Å². The van der Waals surface area contributed by atoms with Crippen LogP contribution in [0.2, 0.25) is 0 Å². The second kappa shape index (κ2) is 12.0. The summed E-state index contributed by atoms with van der Waals surface area (Å²) >= 11 is 0. The molecular weight excluding hydrogens is 464 g/mol. The highest BCUT2D eigenvalue weighted by Crippen LogP contribution is 2.16. The zero-order chi connectivity index (χ0) is 18.9. The quantitative estimate of drug-likeness (QED) is 0.280. The molecule has 0 radical (unpaired) electrons. The summed E-state index contributed by atoms with van der Waals surface area (Å²) < 4.78 is 18.2. The van der Waals surface area contributed by atoms with Gasteiger partial charge < -0.3 is 24.8 Å². The van der Waals surface area contributed by atoms with Crippen LogP contribution in [0.15, 0.2) is 29.3 Å². The number of nitrogens with zero attached hydrogens (tertiary/aromatic N) is 4. The Kier molecular flexibility index (Phi) is 10.4. The number of nitrogens with one attached hydrogen (secondary N) is 1. The molecule has 1 saturated heterocycles. The number of rotatable bonds is 6. The molecule has 0 unspecified atom stereocenters. The molecule has 1 aliphatic heterocycles. The first-order chi connectivity index (χ1) is 12.5. The maximum Gasteiger partial charge on any atom is 0.243 e. The van der Waals surface area contributed by atoms with Gasteiger partial charge in [0.25, 0.3) is 0 Å². The fourth-order valence-electron chi connectivity index (χ4n) is 2.64. The molecule has 1 amide bonds. The highest BCUT2D eigenvalue weighted by atomic mass is 127. The zero-order valence-corrected chi connectivity index (χ0v) is 18.5. The van der Waals surface area contributed by atoms with E-state index in [0.717, 1.165) is 37.8 Å². The van der Waals surface area contributed by atoms with E-state index in [1.165, 1.54) is 17.0 Å². The predicted octanol–water partition coefficient (Wildman–Crippen LogP) is 1.25. The average Bonchev–Trinajstić information content (AvgIpc) is 2.65. The second-order valence-electron chi connectivity index (χ2n) is 6.30. The number of benzene rings is 1. The van der Waals surface area contributed by atoms with Crippen LogP contribution in [0, 0.1) is 5.82 Å². The molecule has 152 valence electrons. The molecule has 1 heterocycles. The van der Waals surface area contributed by atoms with Crippen molar-refractivity contribution in [2.45, 2.75) is 0 Å². The van der Waals surface area contributed by atoms with E-state index in [2.05, 4.69) is 20.1 Å². The van der Waals surface area contributed by atoms with Gasteiger partial charge >= 0.3 is 0 Å². The number of likely N-dealkylation sites (N-methyl/N-ethyl adjacent to an activating group) is 1. The van der Waals surface area contributed by atoms with Gasteiger partial charge in [-0.1, -0.05) is 0 Å². The molecule has 0 bridgehead atoms. The first-order valence-electron chi connectivity index (χ1n) is 8.74. The Morgan fingerprint density at radius 3 is 2.41 bits per heavy atom. The molecule has 0 atom stereocenters. The number of piperazine rings is 1. The number of anilines is 1. The molecule has 2 rings (SSSR count). The van der Waals surface area contributed by atoms with E-state index >= 15 is 0 Å². The minimum Gasteiger partial charge on any atom is -0.383 e. The molecule has 0 aliphatic carbocycles. The summed E-state index contributed by atoms with van der Waals surface area (Å²) in [5, 5.41) is 3.26. The summed E-state index contributed by atoms with van der Waals surface area (Å²) in [5.74, 6) is 0.451. The normalized spacial score (nSPS) is 14.6. The van der Waals surface area contributed by atoms with Gasteiger partial charge in [0.05, 0.1) is 6.61 Å². The number of aliphatic imine (C=N–C) groups is 1. The standard InChI is InChI=1S/C18H28FN5O2.HI/c1-22(2)17(25)14-21-18(20-8-13-26-3)24-11-9-23(10-12-24)16-6-4-15(19)5-7-16;/h4-7H,8-14H2,1-3H3,(H,20,21);1H. The van der Waals surface area contributed by atoms with Crippen LogP contribution in [0.25, 0.3) is 0 Å². The van der Waals surface area contributed by atoms with Gasteiger partial charge in [-0.05, 0) is 24.3 Å². The SMILES string of the molecule is COCCNC(=NCC(=O)N(C)C)N1CCN(c2ccc(F)cc2)CC1.I. The highest BCUT2D eigenvalue weighted by Gasteiger charge is 2.20. The lowest BCUT2D eigenvalue weighted by Gasteiger charge is -2.37. The number of guanidine groups is 1. The molecular formula is C18H29FIN5O2. The van der Waals surface area contributed by atoms with Crippen molar-refractivity contribution in [3.8, 4) is 0 Å². The molecule has 1 aliphatic rings. The molecule has 0 aromatic heterocycles. The number of ether oxygens (including phenoxy) is 1. The van der Waals surface area contributed by atoms with Gasteiger partial charge in [-0.25, -0.2) is 9.38 Å². The molecule has 1 aromatic carbocycles. The van der Waals surface area contributed by atoms with Crippen LogP contribution in [0.5, 0.6) is 0 Å². The van der Waals surface area contributed by atoms with E-state index in [0.29, 0.717) is 13.2 Å². The minimum atomic E-state index is -0.227. The molecule has 1 N–H and O–H groups in total. The Bertz CT molecular complexity index is 604. The Morgan fingerprint density at radius 2 is 1.85 bits per heavy atom. The van der Waals surface area contributed by atoms with Crippen molar-refractivity contribution < 1.29 is 13.9 Å². The number of amides is 1. The van der Waals surface area contributed by atoms with Crippen molar-refractivity contribution in [3.05, 3.63) is 30.1 Å². The van der Waals surface area contributed by atoms with Gasteiger partial charge in [-0.2, -0.15) is 0 Å². The average molecular weight is 493 g/mol. The van der Waals surface area contributed by atoms with Crippen LogP contribution in [-0.4, -0.2) is 88.7 Å². The highest BCUT2D eigenvalue weighted by molar-refractivity contribution is 14.0. The maximum atomic E-state index is 13.1. The van der Waals surface area contributed by atoms with Gasteiger partial charge in [0.1, 0.15) is 12.4 Å². The molecule has 27 heavy (non-hydrogen) atoms. The van der Waals surface area contributed by atoms with Crippen molar-refractivity contribution >= 4 is 41.5 Å². The van der Waals surface area contributed by atoms with Crippen molar-refractivity contribution in [3.63, 3.8) is 0 Å². The topological polar surface area (TPSA) is 60.4 Å². The van der Waals surface area contributed by atoms with E-state index in [1.54, 1.807) is 33.3 Å². The first kappa shape index (κ1) is 23.4. The molecule has 7 nitrogen and oxygen atoms in total. The van der Waals surface area contributed by atoms with E-state index in [4.69, 9.17) is 4.74 Å². The smallest absolute Gasteiger partial charge is 0.243 e. The third-order valence-electron chi connectivity index (χ3n) is 4.22. The number of carbonyl (C=O) groups is 1. The lowest BCUT2D eigenvalue weighted by Crippen LogP contribution is -2.53. The summed E-state index contributed by atoms with van der Waals surface area (Å²) in [6.07, 6.45) is 0. The van der Waals surface area contributed by atoms with E-state index in [9.17, 15) is 9.18 Å². The van der Waals surface area contributed by atoms with Crippen LogP contribution in [0.1, 0.15) is 0 Å². The molecule has 1 fully saturated rings. The minimum absolute atomic E-state index is 0. The number of hydrogen-bond acceptors (Lipinski definition) is 4. The van der Waals surface area contributed by atoms with Crippen LogP contribution in [0.3, 0.4) is 0 Å². The summed E-state index contributed by atoms with van der Waals surface area (Å²) in [6, 6.07) is 6.56. The Balaban J connectivity index is 0.00000364. The van der Waals surface area contributed by atoms with Crippen molar-refractivity contribution in [2.24, 2.45) is 4.99 Å². The van der Waals surface area contributed by atoms with Gasteiger partial charge in [-0.3, -0.25) is 4.79 Å². The molecule has 9 heteroatoms. The Hall–Kier alpha value is -1.62. The van der Waals surface area contributed by atoms with Crippen molar-refractivity contribution in [2.75, 3.05) is 72.0 Å². The van der Waals surface area contributed by atoms with E-state index < -0.39 is 0 Å². The van der Waals surface area contributed by atoms with Gasteiger partial charge in [0.15, 0.2) is 5.96 Å². The molecule has 1 aromatic rings. The monoisotopic (exact) mass is 493 g/mol. The van der Waals surface area contributed by atoms with Crippen LogP contribution in [0.4, 0.5) is 10.1 Å². The molecule has 0 spiro atoms. The summed E-state index contributed by atoms with van der Waals surface area (Å²) in [6.45, 7) is 4.45. The summed E-state index contributed by atoms with van der Waals surface area (Å²) in [7, 11) is 5.09. The summed E-state index contributed by atoms with van der Waals surface area (Å²) in [4.78, 5) is 22.2. The number of methoxy groups -OCH3 is 1. The van der Waals surface area contributed by atoms with Gasteiger partial charge in [0, 0.05) is 59.6 Å². The van der Waals surface area contributed by atoms with Crippen LogP contribution >= 0.6 is 24.0 Å². The lowest BCUT2D eigenvalue weighted by molar-refractivity contribution is -0.127. The van der Waals surface area contributed by atoms with Gasteiger partial charge in [-0.15, -0.1) is 24.0 Å². The second-order valence-corrected chi connectivity index (χ2v) is 6.30. The molecule has 0 saturated carbocycles. The Morgan fingerprint density at radius 1 is 1.22 bits per heavy atom. The van der Waals surface area contributed by atoms with Crippen molar-refractivity contribution in [1.82, 2.24) is 15.1 Å².